The number of ether oxygens (including phenoxy) is 2. The first-order chi connectivity index (χ1) is 15.5. The van der Waals surface area contributed by atoms with Crippen LogP contribution in [0.4, 0.5) is 0 Å². The highest BCUT2D eigenvalue weighted by Crippen LogP contribution is 2.32. The lowest BCUT2D eigenvalue weighted by Crippen LogP contribution is -2.24. The van der Waals surface area contributed by atoms with Crippen LogP contribution in [0.1, 0.15) is 25.8 Å². The van der Waals surface area contributed by atoms with Gasteiger partial charge >= 0.3 is 0 Å². The predicted octanol–water partition coefficient (Wildman–Crippen LogP) is 3.86. The third kappa shape index (κ3) is 4.78. The first-order valence-electron chi connectivity index (χ1n) is 10.9. The Morgan fingerprint density at radius 1 is 1.06 bits per heavy atom. The fourth-order valence-corrected chi connectivity index (χ4v) is 3.77. The van der Waals surface area contributed by atoms with E-state index in [0.29, 0.717) is 40.1 Å². The highest BCUT2D eigenvalue weighted by atomic mass is 16.5. The maximum atomic E-state index is 13.3. The van der Waals surface area contributed by atoms with Crippen LogP contribution in [-0.4, -0.2) is 61.2 Å². The molecular formula is C25H31N3O4. The number of hydrogen-bond donors (Lipinski definition) is 1. The van der Waals surface area contributed by atoms with Gasteiger partial charge in [-0.1, -0.05) is 32.0 Å². The van der Waals surface area contributed by atoms with Crippen LogP contribution in [0.15, 0.2) is 52.3 Å². The molecule has 2 aromatic carbocycles. The summed E-state index contributed by atoms with van der Waals surface area (Å²) in [4.78, 5) is 20.2. The summed E-state index contributed by atoms with van der Waals surface area (Å²) >= 11 is 0. The molecular weight excluding hydrogens is 406 g/mol. The molecule has 170 valence electrons. The molecule has 0 bridgehead atoms. The summed E-state index contributed by atoms with van der Waals surface area (Å²) in [5.41, 5.74) is 0.549. The maximum Gasteiger partial charge on any atom is 0.265 e. The van der Waals surface area contributed by atoms with Crippen molar-refractivity contribution in [3.8, 4) is 23.1 Å². The number of methoxy groups -OCH3 is 2. The molecule has 3 aromatic rings. The van der Waals surface area contributed by atoms with Gasteiger partial charge < -0.3 is 19.5 Å². The Bertz CT molecular complexity index is 1150. The molecule has 0 aliphatic rings. The van der Waals surface area contributed by atoms with E-state index in [1.807, 2.05) is 12.1 Å². The van der Waals surface area contributed by atoms with Gasteiger partial charge in [-0.2, -0.15) is 0 Å². The molecule has 0 radical (unpaired) electrons. The predicted molar refractivity (Wildman–Crippen MR) is 129 cm³/mol. The van der Waals surface area contributed by atoms with E-state index in [4.69, 9.17) is 9.47 Å². The van der Waals surface area contributed by atoms with Crippen LogP contribution < -0.4 is 15.0 Å². The van der Waals surface area contributed by atoms with Crippen LogP contribution in [-0.2, 0) is 0 Å². The fourth-order valence-electron chi connectivity index (χ4n) is 3.77. The Hall–Kier alpha value is -3.32. The molecule has 0 fully saturated rings. The van der Waals surface area contributed by atoms with Crippen molar-refractivity contribution < 1.29 is 14.6 Å². The minimum absolute atomic E-state index is 0.187. The van der Waals surface area contributed by atoms with Gasteiger partial charge in [0.25, 0.3) is 5.56 Å². The number of fused-ring (bicyclic) bond motifs is 1. The minimum Gasteiger partial charge on any atom is -0.497 e. The molecule has 0 saturated carbocycles. The number of pyridine rings is 1. The minimum atomic E-state index is -0.344. The molecule has 7 heteroatoms. The number of nitrogens with zero attached hydrogens (tertiary/aromatic N) is 3. The molecule has 3 rings (SSSR count). The van der Waals surface area contributed by atoms with Crippen molar-refractivity contribution in [3.63, 3.8) is 0 Å². The van der Waals surface area contributed by atoms with Gasteiger partial charge in [0.2, 0.25) is 5.88 Å². The van der Waals surface area contributed by atoms with Crippen LogP contribution in [0.3, 0.4) is 0 Å². The van der Waals surface area contributed by atoms with Gasteiger partial charge in [0, 0.05) is 29.6 Å². The summed E-state index contributed by atoms with van der Waals surface area (Å²) in [5.74, 6) is 0.806. The van der Waals surface area contributed by atoms with Crippen molar-refractivity contribution in [2.75, 3.05) is 40.4 Å². The average Bonchev–Trinajstić information content (AvgIpc) is 2.83. The van der Waals surface area contributed by atoms with Crippen LogP contribution in [0.2, 0.25) is 0 Å². The number of aromatic nitrogens is 1. The largest absolute Gasteiger partial charge is 0.497 e. The van der Waals surface area contributed by atoms with Crippen LogP contribution in [0.25, 0.3) is 16.5 Å². The first-order valence-corrected chi connectivity index (χ1v) is 10.9. The molecule has 0 spiro atoms. The standard InChI is InChI=1S/C25H31N3O4/c1-5-27(6-2)15-9-14-26-17-21-19-10-7-8-11-20(19)24(29)28(25(21)30)22-16-18(31-3)12-13-23(22)32-4/h7-8,10-13,16-17,30H,5-6,9,14-15H2,1-4H3. The third-order valence-electron chi connectivity index (χ3n) is 5.61. The molecule has 1 aromatic heterocycles. The number of aromatic hydroxyl groups is 1. The Labute approximate surface area is 188 Å². The molecule has 0 aliphatic heterocycles. The monoisotopic (exact) mass is 437 g/mol. The van der Waals surface area contributed by atoms with Crippen molar-refractivity contribution in [2.45, 2.75) is 20.3 Å². The second-order valence-electron chi connectivity index (χ2n) is 7.38. The van der Waals surface area contributed by atoms with E-state index in [0.717, 1.165) is 26.1 Å². The van der Waals surface area contributed by atoms with Gasteiger partial charge in [0.15, 0.2) is 0 Å². The third-order valence-corrected chi connectivity index (χ3v) is 5.61. The van der Waals surface area contributed by atoms with Crippen LogP contribution in [0, 0.1) is 0 Å². The lowest BCUT2D eigenvalue weighted by molar-refractivity contribution is 0.302. The molecule has 1 N–H and O–H groups in total. The quantitative estimate of drug-likeness (QED) is 0.385. The maximum absolute atomic E-state index is 13.3. The van der Waals surface area contributed by atoms with Crippen LogP contribution >= 0.6 is 0 Å². The van der Waals surface area contributed by atoms with Crippen molar-refractivity contribution in [2.24, 2.45) is 4.99 Å². The highest BCUT2D eigenvalue weighted by molar-refractivity contribution is 6.01. The van der Waals surface area contributed by atoms with Gasteiger partial charge in [-0.15, -0.1) is 0 Å². The average molecular weight is 438 g/mol. The topological polar surface area (TPSA) is 76.3 Å². The smallest absolute Gasteiger partial charge is 0.265 e. The molecule has 0 saturated heterocycles. The number of aliphatic imine (C=N–C) groups is 1. The van der Waals surface area contributed by atoms with Gasteiger partial charge in [-0.25, -0.2) is 4.57 Å². The van der Waals surface area contributed by atoms with E-state index in [9.17, 15) is 9.90 Å². The SMILES string of the molecule is CCN(CC)CCCN=Cc1c(O)n(-c2cc(OC)ccc2OC)c(=O)c2ccccc12. The van der Waals surface area contributed by atoms with E-state index in [-0.39, 0.29) is 11.4 Å². The number of hydrogen-bond acceptors (Lipinski definition) is 6. The molecule has 1 heterocycles. The van der Waals surface area contributed by atoms with Crippen molar-refractivity contribution in [1.82, 2.24) is 9.47 Å². The summed E-state index contributed by atoms with van der Waals surface area (Å²) in [6.45, 7) is 7.92. The van der Waals surface area contributed by atoms with Gasteiger partial charge in [-0.3, -0.25) is 9.79 Å². The molecule has 32 heavy (non-hydrogen) atoms. The van der Waals surface area contributed by atoms with Crippen LogP contribution in [0.5, 0.6) is 17.4 Å². The van der Waals surface area contributed by atoms with Crippen molar-refractivity contribution in [3.05, 3.63) is 58.4 Å². The summed E-state index contributed by atoms with van der Waals surface area (Å²) in [6.07, 6.45) is 2.57. The summed E-state index contributed by atoms with van der Waals surface area (Å²) in [5, 5.41) is 12.3. The van der Waals surface area contributed by atoms with Crippen molar-refractivity contribution >= 4 is 17.0 Å². The lowest BCUT2D eigenvalue weighted by Gasteiger charge is -2.17. The van der Waals surface area contributed by atoms with E-state index in [1.54, 1.807) is 43.7 Å². The van der Waals surface area contributed by atoms with E-state index in [1.165, 1.54) is 11.7 Å². The Morgan fingerprint density at radius 3 is 2.44 bits per heavy atom. The second-order valence-corrected chi connectivity index (χ2v) is 7.38. The Kier molecular flexibility index (Phi) is 7.89. The van der Waals surface area contributed by atoms with Gasteiger partial charge in [0.1, 0.15) is 11.5 Å². The lowest BCUT2D eigenvalue weighted by atomic mass is 10.1. The van der Waals surface area contributed by atoms with Crippen molar-refractivity contribution in [1.29, 1.82) is 0 Å². The van der Waals surface area contributed by atoms with E-state index < -0.39 is 0 Å². The van der Waals surface area contributed by atoms with Gasteiger partial charge in [-0.05, 0) is 44.3 Å². The zero-order valence-corrected chi connectivity index (χ0v) is 19.2. The Morgan fingerprint density at radius 2 is 1.78 bits per heavy atom. The molecule has 0 aliphatic carbocycles. The summed E-state index contributed by atoms with van der Waals surface area (Å²) < 4.78 is 12.0. The zero-order chi connectivity index (χ0) is 23.1. The highest BCUT2D eigenvalue weighted by Gasteiger charge is 2.19. The number of rotatable bonds is 10. The summed E-state index contributed by atoms with van der Waals surface area (Å²) in [7, 11) is 3.07. The fraction of sp³-hybridized carbons (Fsp3) is 0.360. The molecule has 0 unspecified atom stereocenters. The zero-order valence-electron chi connectivity index (χ0n) is 19.2. The van der Waals surface area contributed by atoms with E-state index in [2.05, 4.69) is 23.7 Å². The first kappa shape index (κ1) is 23.3. The molecule has 7 nitrogen and oxygen atoms in total. The van der Waals surface area contributed by atoms with E-state index >= 15 is 0 Å². The molecule has 0 amide bonds. The normalized spacial score (nSPS) is 11.5. The Balaban J connectivity index is 2.09. The molecule has 0 atom stereocenters. The summed E-state index contributed by atoms with van der Waals surface area (Å²) in [6, 6.07) is 12.3. The number of benzene rings is 2. The second kappa shape index (κ2) is 10.8. The van der Waals surface area contributed by atoms with Gasteiger partial charge in [0.05, 0.1) is 25.5 Å².